The minimum Gasteiger partial charge on any atom is -0.496 e. The summed E-state index contributed by atoms with van der Waals surface area (Å²) in [6.45, 7) is 1.81. The first-order valence-electron chi connectivity index (χ1n) is 10.6. The number of carbonyl (C=O) groups excluding carboxylic acids is 1. The van der Waals surface area contributed by atoms with Gasteiger partial charge in [-0.05, 0) is 43.2 Å². The van der Waals surface area contributed by atoms with E-state index in [0.29, 0.717) is 5.75 Å². The summed E-state index contributed by atoms with van der Waals surface area (Å²) in [7, 11) is -1.23. The number of para-hydroxylation sites is 1. The SMILES string of the molecule is COc1ccccc1[C@@H](C)NC(=O)[C@@H](Cc1ccccc1)NS(=O)(=O)c1cc(Cl)ccc1OC. The Morgan fingerprint density at radius 1 is 0.941 bits per heavy atom. The minimum absolute atomic E-state index is 0.123. The van der Waals surface area contributed by atoms with Crippen LogP contribution < -0.4 is 19.5 Å². The standard InChI is InChI=1S/C25H27ClN2O5S/c1-17(20-11-7-8-12-22(20)32-2)27-25(29)21(15-18-9-5-4-6-10-18)28-34(30,31)24-16-19(26)13-14-23(24)33-3/h4-14,16-17,21,28H,15H2,1-3H3,(H,27,29)/t17-,21-/m1/s1. The number of sulfonamides is 1. The van der Waals surface area contributed by atoms with E-state index in [-0.39, 0.29) is 22.1 Å². The lowest BCUT2D eigenvalue weighted by Crippen LogP contribution is -2.48. The number of halogens is 1. The molecule has 0 heterocycles. The number of hydrogen-bond acceptors (Lipinski definition) is 5. The maximum atomic E-state index is 13.3. The second-order valence-electron chi connectivity index (χ2n) is 7.63. The smallest absolute Gasteiger partial charge is 0.245 e. The lowest BCUT2D eigenvalue weighted by atomic mass is 10.0. The van der Waals surface area contributed by atoms with E-state index in [1.807, 2.05) is 55.5 Å². The molecule has 0 saturated heterocycles. The number of ether oxygens (including phenoxy) is 2. The quantitative estimate of drug-likeness (QED) is 0.435. The van der Waals surface area contributed by atoms with Gasteiger partial charge in [-0.15, -0.1) is 0 Å². The Kier molecular flexibility index (Phi) is 8.55. The summed E-state index contributed by atoms with van der Waals surface area (Å²) in [5.74, 6) is 0.268. The normalized spacial score (nSPS) is 13.1. The van der Waals surface area contributed by atoms with Gasteiger partial charge in [-0.1, -0.05) is 60.1 Å². The Bertz CT molecular complexity index is 1240. The molecular weight excluding hydrogens is 476 g/mol. The molecule has 0 unspecified atom stereocenters. The van der Waals surface area contributed by atoms with E-state index in [2.05, 4.69) is 10.0 Å². The van der Waals surface area contributed by atoms with Gasteiger partial charge in [-0.3, -0.25) is 4.79 Å². The van der Waals surface area contributed by atoms with Gasteiger partial charge in [0.2, 0.25) is 15.9 Å². The van der Waals surface area contributed by atoms with E-state index in [1.165, 1.54) is 25.3 Å². The van der Waals surface area contributed by atoms with Crippen molar-refractivity contribution in [1.29, 1.82) is 0 Å². The van der Waals surface area contributed by atoms with Crippen molar-refractivity contribution in [2.24, 2.45) is 0 Å². The van der Waals surface area contributed by atoms with E-state index >= 15 is 0 Å². The third-order valence-electron chi connectivity index (χ3n) is 5.28. The maximum absolute atomic E-state index is 13.3. The summed E-state index contributed by atoms with van der Waals surface area (Å²) in [5.41, 5.74) is 1.57. The third kappa shape index (κ3) is 6.28. The summed E-state index contributed by atoms with van der Waals surface area (Å²) >= 11 is 6.04. The van der Waals surface area contributed by atoms with E-state index in [9.17, 15) is 13.2 Å². The number of benzene rings is 3. The van der Waals surface area contributed by atoms with Crippen LogP contribution in [-0.2, 0) is 21.2 Å². The fourth-order valence-electron chi connectivity index (χ4n) is 3.56. The molecule has 2 N–H and O–H groups in total. The van der Waals surface area contributed by atoms with Crippen LogP contribution in [0.5, 0.6) is 11.5 Å². The zero-order valence-corrected chi connectivity index (χ0v) is 20.7. The summed E-state index contributed by atoms with van der Waals surface area (Å²) in [4.78, 5) is 13.2. The van der Waals surface area contributed by atoms with Gasteiger partial charge in [0, 0.05) is 10.6 Å². The first-order valence-corrected chi connectivity index (χ1v) is 12.4. The van der Waals surface area contributed by atoms with Crippen molar-refractivity contribution in [3.05, 3.63) is 88.9 Å². The van der Waals surface area contributed by atoms with Crippen LogP contribution in [0.1, 0.15) is 24.1 Å². The fraction of sp³-hybridized carbons (Fsp3) is 0.240. The average molecular weight is 503 g/mol. The molecule has 0 bridgehead atoms. The molecule has 0 aliphatic heterocycles. The molecule has 9 heteroatoms. The van der Waals surface area contributed by atoms with Gasteiger partial charge in [0.25, 0.3) is 0 Å². The summed E-state index contributed by atoms with van der Waals surface area (Å²) in [6, 6.07) is 19.3. The van der Waals surface area contributed by atoms with Crippen LogP contribution >= 0.6 is 11.6 Å². The molecule has 3 aromatic rings. The monoisotopic (exact) mass is 502 g/mol. The molecule has 3 aromatic carbocycles. The summed E-state index contributed by atoms with van der Waals surface area (Å²) in [5, 5.41) is 3.13. The van der Waals surface area contributed by atoms with E-state index in [1.54, 1.807) is 13.2 Å². The van der Waals surface area contributed by atoms with E-state index < -0.39 is 28.0 Å². The van der Waals surface area contributed by atoms with E-state index in [4.69, 9.17) is 21.1 Å². The topological polar surface area (TPSA) is 93.7 Å². The first kappa shape index (κ1) is 25.6. The van der Waals surface area contributed by atoms with Gasteiger partial charge < -0.3 is 14.8 Å². The number of carbonyl (C=O) groups is 1. The Morgan fingerprint density at radius 2 is 1.59 bits per heavy atom. The molecule has 34 heavy (non-hydrogen) atoms. The first-order chi connectivity index (χ1) is 16.2. The second-order valence-corrected chi connectivity index (χ2v) is 9.75. The molecule has 0 aromatic heterocycles. The second kappa shape index (κ2) is 11.4. The number of rotatable bonds is 10. The van der Waals surface area contributed by atoms with Crippen molar-refractivity contribution in [2.45, 2.75) is 30.3 Å². The van der Waals surface area contributed by atoms with Crippen LogP contribution in [0, 0.1) is 0 Å². The zero-order valence-electron chi connectivity index (χ0n) is 19.1. The van der Waals surface area contributed by atoms with Gasteiger partial charge in [-0.2, -0.15) is 4.72 Å². The van der Waals surface area contributed by atoms with Crippen LogP contribution in [-0.4, -0.2) is 34.6 Å². The minimum atomic E-state index is -4.15. The summed E-state index contributed by atoms with van der Waals surface area (Å²) in [6.07, 6.45) is 0.146. The van der Waals surface area contributed by atoms with Crippen molar-refractivity contribution < 1.29 is 22.7 Å². The van der Waals surface area contributed by atoms with Crippen LogP contribution in [0.15, 0.2) is 77.7 Å². The highest BCUT2D eigenvalue weighted by Crippen LogP contribution is 2.28. The van der Waals surface area contributed by atoms with Crippen LogP contribution in [0.25, 0.3) is 0 Å². The summed E-state index contributed by atoms with van der Waals surface area (Å²) < 4.78 is 39.7. The predicted octanol–water partition coefficient (Wildman–Crippen LogP) is 4.12. The molecular formula is C25H27ClN2O5S. The highest BCUT2D eigenvalue weighted by molar-refractivity contribution is 7.89. The van der Waals surface area contributed by atoms with Crippen molar-refractivity contribution in [2.75, 3.05) is 14.2 Å². The lowest BCUT2D eigenvalue weighted by Gasteiger charge is -2.23. The van der Waals surface area contributed by atoms with Gasteiger partial charge in [0.05, 0.1) is 20.3 Å². The number of methoxy groups -OCH3 is 2. The predicted molar refractivity (Wildman–Crippen MR) is 132 cm³/mol. The largest absolute Gasteiger partial charge is 0.496 e. The van der Waals surface area contributed by atoms with Crippen molar-refractivity contribution >= 4 is 27.5 Å². The lowest BCUT2D eigenvalue weighted by molar-refractivity contribution is -0.123. The van der Waals surface area contributed by atoms with Crippen LogP contribution in [0.4, 0.5) is 0 Å². The Labute approximate surface area is 205 Å². The van der Waals surface area contributed by atoms with E-state index in [0.717, 1.165) is 11.1 Å². The van der Waals surface area contributed by atoms with Gasteiger partial charge in [-0.25, -0.2) is 8.42 Å². The maximum Gasteiger partial charge on any atom is 0.245 e. The molecule has 1 amide bonds. The molecule has 0 saturated carbocycles. The highest BCUT2D eigenvalue weighted by Gasteiger charge is 2.29. The molecule has 0 aliphatic carbocycles. The van der Waals surface area contributed by atoms with Crippen molar-refractivity contribution in [1.82, 2.24) is 10.0 Å². The molecule has 0 spiro atoms. The van der Waals surface area contributed by atoms with Gasteiger partial charge in [0.1, 0.15) is 22.4 Å². The van der Waals surface area contributed by atoms with Crippen molar-refractivity contribution in [3.8, 4) is 11.5 Å². The zero-order chi connectivity index (χ0) is 24.7. The molecule has 2 atom stereocenters. The molecule has 7 nitrogen and oxygen atoms in total. The molecule has 3 rings (SSSR count). The highest BCUT2D eigenvalue weighted by atomic mass is 35.5. The van der Waals surface area contributed by atoms with Crippen LogP contribution in [0.3, 0.4) is 0 Å². The Morgan fingerprint density at radius 3 is 2.26 bits per heavy atom. The third-order valence-corrected chi connectivity index (χ3v) is 7.00. The van der Waals surface area contributed by atoms with Gasteiger partial charge >= 0.3 is 0 Å². The average Bonchev–Trinajstić information content (AvgIpc) is 2.84. The van der Waals surface area contributed by atoms with Crippen LogP contribution in [0.2, 0.25) is 5.02 Å². The number of amides is 1. The molecule has 180 valence electrons. The molecule has 0 radical (unpaired) electrons. The van der Waals surface area contributed by atoms with Crippen molar-refractivity contribution in [3.63, 3.8) is 0 Å². The number of nitrogens with one attached hydrogen (secondary N) is 2. The van der Waals surface area contributed by atoms with Gasteiger partial charge in [0.15, 0.2) is 0 Å². The fourth-order valence-corrected chi connectivity index (χ4v) is 5.19. The number of hydrogen-bond donors (Lipinski definition) is 2. The molecule has 0 aliphatic rings. The Balaban J connectivity index is 1.91. The molecule has 0 fully saturated rings. The Hall–Kier alpha value is -3.07.